The third-order valence-electron chi connectivity index (χ3n) is 7.72. The highest BCUT2D eigenvalue weighted by Crippen LogP contribution is 2.39. The van der Waals surface area contributed by atoms with Crippen molar-refractivity contribution >= 4 is 5.91 Å². The fraction of sp³-hybridized carbons (Fsp3) is 0.615. The molecule has 3 fully saturated rings. The van der Waals surface area contributed by atoms with Crippen LogP contribution in [-0.2, 0) is 9.53 Å². The molecule has 2 atom stereocenters. The summed E-state index contributed by atoms with van der Waals surface area (Å²) >= 11 is 0. The zero-order chi connectivity index (χ0) is 22.1. The minimum absolute atomic E-state index is 0.0666. The molecule has 0 radical (unpaired) electrons. The summed E-state index contributed by atoms with van der Waals surface area (Å²) in [7, 11) is 0. The lowest BCUT2D eigenvalue weighted by molar-refractivity contribution is -0.139. The number of aryl methyl sites for hydroxylation is 1. The molecule has 2 aliphatic carbocycles. The van der Waals surface area contributed by atoms with Crippen LogP contribution in [0.2, 0.25) is 0 Å². The SMILES string of the molecule is Cc1cn[nH]c1C1CCCN(C(=O)C2CC2)[C@H]1COC1CCC(c2cccc(F)c2)CC1. The first-order valence-corrected chi connectivity index (χ1v) is 12.3. The Morgan fingerprint density at radius 3 is 2.69 bits per heavy atom. The number of nitrogens with zero attached hydrogens (tertiary/aromatic N) is 2. The highest BCUT2D eigenvalue weighted by Gasteiger charge is 2.42. The van der Waals surface area contributed by atoms with Crippen molar-refractivity contribution in [3.63, 3.8) is 0 Å². The molecular formula is C26H34FN3O2. The number of hydrogen-bond acceptors (Lipinski definition) is 3. The van der Waals surface area contributed by atoms with E-state index in [0.29, 0.717) is 18.4 Å². The minimum atomic E-state index is -0.154. The third kappa shape index (κ3) is 4.61. The summed E-state index contributed by atoms with van der Waals surface area (Å²) in [6.07, 6.45) is 10.2. The molecule has 1 aliphatic heterocycles. The quantitative estimate of drug-likeness (QED) is 0.682. The van der Waals surface area contributed by atoms with Crippen LogP contribution in [0.5, 0.6) is 0 Å². The number of amides is 1. The Morgan fingerprint density at radius 2 is 2.00 bits per heavy atom. The van der Waals surface area contributed by atoms with Gasteiger partial charge in [0.2, 0.25) is 5.91 Å². The molecule has 172 valence electrons. The van der Waals surface area contributed by atoms with Gasteiger partial charge in [0.25, 0.3) is 0 Å². The van der Waals surface area contributed by atoms with Crippen LogP contribution < -0.4 is 0 Å². The van der Waals surface area contributed by atoms with Crippen molar-refractivity contribution in [2.24, 2.45) is 5.92 Å². The van der Waals surface area contributed by atoms with Gasteiger partial charge in [-0.05, 0) is 87.5 Å². The van der Waals surface area contributed by atoms with E-state index in [1.807, 2.05) is 12.3 Å². The predicted octanol–water partition coefficient (Wildman–Crippen LogP) is 5.08. The van der Waals surface area contributed by atoms with Crippen LogP contribution in [0.25, 0.3) is 0 Å². The van der Waals surface area contributed by atoms with Crippen LogP contribution in [0.15, 0.2) is 30.5 Å². The fourth-order valence-electron chi connectivity index (χ4n) is 5.73. The number of benzene rings is 1. The molecular weight excluding hydrogens is 405 g/mol. The first-order chi connectivity index (χ1) is 15.6. The zero-order valence-corrected chi connectivity index (χ0v) is 18.9. The van der Waals surface area contributed by atoms with Gasteiger partial charge in [0.05, 0.1) is 24.9 Å². The lowest BCUT2D eigenvalue weighted by Gasteiger charge is -2.42. The van der Waals surface area contributed by atoms with Crippen LogP contribution in [0.1, 0.15) is 80.0 Å². The fourth-order valence-corrected chi connectivity index (χ4v) is 5.73. The van der Waals surface area contributed by atoms with Gasteiger partial charge < -0.3 is 9.64 Å². The summed E-state index contributed by atoms with van der Waals surface area (Å²) in [6.45, 7) is 3.50. The third-order valence-corrected chi connectivity index (χ3v) is 7.72. The number of aromatic nitrogens is 2. The summed E-state index contributed by atoms with van der Waals surface area (Å²) < 4.78 is 20.1. The largest absolute Gasteiger partial charge is 0.376 e. The van der Waals surface area contributed by atoms with E-state index < -0.39 is 0 Å². The van der Waals surface area contributed by atoms with Crippen molar-refractivity contribution in [1.82, 2.24) is 15.1 Å². The van der Waals surface area contributed by atoms with E-state index in [2.05, 4.69) is 22.0 Å². The summed E-state index contributed by atoms with van der Waals surface area (Å²) in [5, 5.41) is 7.45. The smallest absolute Gasteiger partial charge is 0.226 e. The number of nitrogens with one attached hydrogen (secondary N) is 1. The molecule has 2 aromatic rings. The molecule has 5 rings (SSSR count). The van der Waals surface area contributed by atoms with E-state index in [4.69, 9.17) is 4.74 Å². The van der Waals surface area contributed by atoms with Gasteiger partial charge in [0.15, 0.2) is 0 Å². The van der Waals surface area contributed by atoms with Gasteiger partial charge in [-0.25, -0.2) is 4.39 Å². The second-order valence-electron chi connectivity index (χ2n) is 9.95. The second kappa shape index (κ2) is 9.34. The maximum atomic E-state index is 13.6. The van der Waals surface area contributed by atoms with Gasteiger partial charge in [0, 0.05) is 24.1 Å². The van der Waals surface area contributed by atoms with E-state index in [1.54, 1.807) is 12.1 Å². The molecule has 5 nitrogen and oxygen atoms in total. The van der Waals surface area contributed by atoms with Gasteiger partial charge >= 0.3 is 0 Å². The van der Waals surface area contributed by atoms with Crippen molar-refractivity contribution in [2.75, 3.05) is 13.2 Å². The van der Waals surface area contributed by atoms with Crippen molar-refractivity contribution in [2.45, 2.75) is 82.3 Å². The number of hydrogen-bond donors (Lipinski definition) is 1. The number of halogens is 1. The van der Waals surface area contributed by atoms with Crippen LogP contribution in [-0.4, -0.2) is 46.3 Å². The Labute approximate surface area is 189 Å². The van der Waals surface area contributed by atoms with E-state index in [1.165, 1.54) is 6.07 Å². The topological polar surface area (TPSA) is 58.2 Å². The molecule has 1 saturated heterocycles. The van der Waals surface area contributed by atoms with Crippen molar-refractivity contribution < 1.29 is 13.9 Å². The molecule has 2 heterocycles. The average Bonchev–Trinajstić information content (AvgIpc) is 3.58. The Hall–Kier alpha value is -2.21. The van der Waals surface area contributed by atoms with Gasteiger partial charge in [-0.1, -0.05) is 12.1 Å². The maximum absolute atomic E-state index is 13.6. The lowest BCUT2D eigenvalue weighted by atomic mass is 9.82. The normalized spacial score (nSPS) is 28.6. The molecule has 32 heavy (non-hydrogen) atoms. The van der Waals surface area contributed by atoms with Crippen LogP contribution in [0.4, 0.5) is 4.39 Å². The molecule has 1 aromatic carbocycles. The first-order valence-electron chi connectivity index (χ1n) is 12.3. The Bertz CT molecular complexity index is 933. The average molecular weight is 440 g/mol. The Kier molecular flexibility index (Phi) is 6.31. The number of aromatic amines is 1. The Balaban J connectivity index is 1.24. The predicted molar refractivity (Wildman–Crippen MR) is 121 cm³/mol. The summed E-state index contributed by atoms with van der Waals surface area (Å²) in [6, 6.07) is 7.09. The van der Waals surface area contributed by atoms with Crippen molar-refractivity contribution in [3.8, 4) is 0 Å². The number of piperidine rings is 1. The van der Waals surface area contributed by atoms with Gasteiger partial charge in [-0.2, -0.15) is 5.10 Å². The number of ether oxygens (including phenoxy) is 1. The minimum Gasteiger partial charge on any atom is -0.376 e. The van der Waals surface area contributed by atoms with E-state index in [0.717, 1.165) is 74.7 Å². The molecule has 1 amide bonds. The lowest BCUT2D eigenvalue weighted by Crippen LogP contribution is -2.51. The number of carbonyl (C=O) groups excluding carboxylic acids is 1. The molecule has 3 aliphatic rings. The van der Waals surface area contributed by atoms with E-state index in [9.17, 15) is 9.18 Å². The van der Waals surface area contributed by atoms with Gasteiger partial charge in [0.1, 0.15) is 5.82 Å². The van der Waals surface area contributed by atoms with E-state index in [-0.39, 0.29) is 29.8 Å². The van der Waals surface area contributed by atoms with Crippen LogP contribution in [0, 0.1) is 18.7 Å². The Morgan fingerprint density at radius 1 is 1.19 bits per heavy atom. The van der Waals surface area contributed by atoms with Crippen LogP contribution >= 0.6 is 0 Å². The molecule has 1 aromatic heterocycles. The maximum Gasteiger partial charge on any atom is 0.226 e. The zero-order valence-electron chi connectivity index (χ0n) is 18.9. The molecule has 0 spiro atoms. The summed E-state index contributed by atoms with van der Waals surface area (Å²) in [5.74, 6) is 1.04. The number of likely N-dealkylation sites (tertiary alicyclic amines) is 1. The van der Waals surface area contributed by atoms with Crippen molar-refractivity contribution in [1.29, 1.82) is 0 Å². The molecule has 1 N–H and O–H groups in total. The van der Waals surface area contributed by atoms with Gasteiger partial charge in [-0.3, -0.25) is 9.89 Å². The number of rotatable bonds is 6. The first kappa shape index (κ1) is 21.6. The summed E-state index contributed by atoms with van der Waals surface area (Å²) in [4.78, 5) is 15.2. The molecule has 1 unspecified atom stereocenters. The number of H-pyrrole nitrogens is 1. The van der Waals surface area contributed by atoms with Gasteiger partial charge in [-0.15, -0.1) is 0 Å². The molecule has 2 saturated carbocycles. The second-order valence-corrected chi connectivity index (χ2v) is 9.95. The highest BCUT2D eigenvalue weighted by molar-refractivity contribution is 5.81. The molecule has 0 bridgehead atoms. The standard InChI is InChI=1S/C26H34FN3O2/c1-17-15-28-29-25(17)23-6-3-13-30(26(31)19-7-8-19)24(23)16-32-22-11-9-18(10-12-22)20-4-2-5-21(27)14-20/h2,4-5,14-15,18-19,22-24H,3,6-13,16H2,1H3,(H,28,29)/t18?,22?,23?,24-/m0/s1. The summed E-state index contributed by atoms with van der Waals surface area (Å²) in [5.41, 5.74) is 3.42. The van der Waals surface area contributed by atoms with Crippen molar-refractivity contribution in [3.05, 3.63) is 53.1 Å². The highest BCUT2D eigenvalue weighted by atomic mass is 19.1. The monoisotopic (exact) mass is 439 g/mol. The van der Waals surface area contributed by atoms with Crippen LogP contribution in [0.3, 0.4) is 0 Å². The molecule has 6 heteroatoms. The van der Waals surface area contributed by atoms with E-state index >= 15 is 0 Å². The number of carbonyl (C=O) groups is 1.